The molecule has 17 heavy (non-hydrogen) atoms. The molecule has 96 valence electrons. The van der Waals surface area contributed by atoms with Gasteiger partial charge < -0.3 is 10.1 Å². The Balaban J connectivity index is 1.99. The molecule has 2 nitrogen and oxygen atoms in total. The SMILES string of the molecule is CCNCCCCCCOc1ccccc1F. The first-order chi connectivity index (χ1) is 8.34. The maximum atomic E-state index is 13.2. The van der Waals surface area contributed by atoms with Crippen molar-refractivity contribution >= 4 is 0 Å². The second-order valence-corrected chi connectivity index (χ2v) is 4.05. The molecule has 0 spiro atoms. The Labute approximate surface area is 103 Å². The fourth-order valence-electron chi connectivity index (χ4n) is 1.63. The van der Waals surface area contributed by atoms with Gasteiger partial charge in [0, 0.05) is 0 Å². The number of hydrogen-bond acceptors (Lipinski definition) is 2. The van der Waals surface area contributed by atoms with Crippen molar-refractivity contribution in [3.05, 3.63) is 30.1 Å². The molecule has 3 heteroatoms. The summed E-state index contributed by atoms with van der Waals surface area (Å²) in [6, 6.07) is 6.55. The van der Waals surface area contributed by atoms with E-state index in [9.17, 15) is 4.39 Å². The summed E-state index contributed by atoms with van der Waals surface area (Å²) < 4.78 is 18.5. The van der Waals surface area contributed by atoms with Gasteiger partial charge in [-0.1, -0.05) is 31.9 Å². The van der Waals surface area contributed by atoms with Gasteiger partial charge in [-0.2, -0.15) is 0 Å². The first-order valence-electron chi connectivity index (χ1n) is 6.42. The molecule has 1 aromatic rings. The van der Waals surface area contributed by atoms with E-state index in [0.717, 1.165) is 25.9 Å². The highest BCUT2D eigenvalue weighted by Crippen LogP contribution is 2.15. The van der Waals surface area contributed by atoms with Crippen LogP contribution >= 0.6 is 0 Å². The topological polar surface area (TPSA) is 21.3 Å². The minimum Gasteiger partial charge on any atom is -0.491 e. The zero-order valence-corrected chi connectivity index (χ0v) is 10.5. The molecule has 0 fully saturated rings. The third kappa shape index (κ3) is 6.27. The third-order valence-corrected chi connectivity index (χ3v) is 2.59. The Hall–Kier alpha value is -1.09. The molecule has 0 aliphatic heterocycles. The van der Waals surface area contributed by atoms with Gasteiger partial charge in [-0.05, 0) is 38.1 Å². The quantitative estimate of drug-likeness (QED) is 0.667. The van der Waals surface area contributed by atoms with Gasteiger partial charge in [0.2, 0.25) is 0 Å². The van der Waals surface area contributed by atoms with E-state index in [4.69, 9.17) is 4.74 Å². The van der Waals surface area contributed by atoms with Crippen LogP contribution in [0.4, 0.5) is 4.39 Å². The van der Waals surface area contributed by atoms with Crippen LogP contribution in [0, 0.1) is 5.82 Å². The lowest BCUT2D eigenvalue weighted by Crippen LogP contribution is -2.13. The summed E-state index contributed by atoms with van der Waals surface area (Å²) in [6.07, 6.45) is 4.53. The normalized spacial score (nSPS) is 10.5. The maximum Gasteiger partial charge on any atom is 0.165 e. The van der Waals surface area contributed by atoms with Crippen LogP contribution in [0.25, 0.3) is 0 Å². The lowest BCUT2D eigenvalue weighted by Gasteiger charge is -2.06. The van der Waals surface area contributed by atoms with Crippen LogP contribution in [0.2, 0.25) is 0 Å². The molecular formula is C14H22FNO. The van der Waals surface area contributed by atoms with Gasteiger partial charge >= 0.3 is 0 Å². The minimum atomic E-state index is -0.278. The second kappa shape index (κ2) is 8.99. The average Bonchev–Trinajstić information content (AvgIpc) is 2.35. The number of hydrogen-bond donors (Lipinski definition) is 1. The summed E-state index contributed by atoms with van der Waals surface area (Å²) >= 11 is 0. The van der Waals surface area contributed by atoms with Gasteiger partial charge in [-0.3, -0.25) is 0 Å². The summed E-state index contributed by atoms with van der Waals surface area (Å²) in [4.78, 5) is 0. The van der Waals surface area contributed by atoms with E-state index < -0.39 is 0 Å². The number of rotatable bonds is 9. The van der Waals surface area contributed by atoms with Crippen LogP contribution < -0.4 is 10.1 Å². The van der Waals surface area contributed by atoms with Gasteiger partial charge in [-0.15, -0.1) is 0 Å². The first-order valence-corrected chi connectivity index (χ1v) is 6.42. The molecule has 0 saturated carbocycles. The average molecular weight is 239 g/mol. The van der Waals surface area contributed by atoms with Gasteiger partial charge in [0.1, 0.15) is 0 Å². The molecule has 1 aromatic carbocycles. The summed E-state index contributed by atoms with van der Waals surface area (Å²) in [5, 5.41) is 3.29. The molecule has 0 amide bonds. The van der Waals surface area contributed by atoms with Crippen LogP contribution in [0.15, 0.2) is 24.3 Å². The molecule has 0 radical (unpaired) electrons. The summed E-state index contributed by atoms with van der Waals surface area (Å²) in [6.45, 7) is 4.84. The number of ether oxygens (including phenoxy) is 1. The third-order valence-electron chi connectivity index (χ3n) is 2.59. The molecule has 0 bridgehead atoms. The van der Waals surface area contributed by atoms with Gasteiger partial charge in [-0.25, -0.2) is 4.39 Å². The van der Waals surface area contributed by atoms with Crippen molar-refractivity contribution in [3.63, 3.8) is 0 Å². The van der Waals surface area contributed by atoms with Crippen LogP contribution in [0.5, 0.6) is 5.75 Å². The molecule has 0 aliphatic carbocycles. The smallest absolute Gasteiger partial charge is 0.165 e. The van der Waals surface area contributed by atoms with E-state index in [1.54, 1.807) is 18.2 Å². The van der Waals surface area contributed by atoms with Crippen LogP contribution in [-0.4, -0.2) is 19.7 Å². The van der Waals surface area contributed by atoms with Crippen molar-refractivity contribution in [2.75, 3.05) is 19.7 Å². The highest BCUT2D eigenvalue weighted by Gasteiger charge is 2.00. The Bertz CT molecular complexity index is 304. The number of halogens is 1. The molecule has 1 N–H and O–H groups in total. The Kier molecular flexibility index (Phi) is 7.39. The molecule has 0 aromatic heterocycles. The fourth-order valence-corrected chi connectivity index (χ4v) is 1.63. The van der Waals surface area contributed by atoms with Crippen molar-refractivity contribution in [1.82, 2.24) is 5.32 Å². The van der Waals surface area contributed by atoms with Crippen molar-refractivity contribution in [3.8, 4) is 5.75 Å². The maximum absolute atomic E-state index is 13.2. The van der Waals surface area contributed by atoms with Gasteiger partial charge in [0.05, 0.1) is 6.61 Å². The minimum absolute atomic E-state index is 0.278. The van der Waals surface area contributed by atoms with E-state index in [1.165, 1.54) is 18.9 Å². The highest BCUT2D eigenvalue weighted by atomic mass is 19.1. The van der Waals surface area contributed by atoms with E-state index in [1.807, 2.05) is 0 Å². The predicted molar refractivity (Wildman–Crippen MR) is 68.9 cm³/mol. The summed E-state index contributed by atoms with van der Waals surface area (Å²) in [5.41, 5.74) is 0. The van der Waals surface area contributed by atoms with E-state index >= 15 is 0 Å². The van der Waals surface area contributed by atoms with Crippen molar-refractivity contribution < 1.29 is 9.13 Å². The van der Waals surface area contributed by atoms with E-state index in [2.05, 4.69) is 12.2 Å². The molecular weight excluding hydrogens is 217 g/mol. The van der Waals surface area contributed by atoms with Gasteiger partial charge in [0.15, 0.2) is 11.6 Å². The lowest BCUT2D eigenvalue weighted by molar-refractivity contribution is 0.290. The molecule has 0 saturated heterocycles. The van der Waals surface area contributed by atoms with E-state index in [0.29, 0.717) is 12.4 Å². The molecule has 1 rings (SSSR count). The number of nitrogens with one attached hydrogen (secondary N) is 1. The monoisotopic (exact) mass is 239 g/mol. The predicted octanol–water partition coefficient (Wildman–Crippen LogP) is 3.37. The Morgan fingerprint density at radius 1 is 1.12 bits per heavy atom. The molecule has 0 unspecified atom stereocenters. The number of benzene rings is 1. The van der Waals surface area contributed by atoms with Crippen molar-refractivity contribution in [2.45, 2.75) is 32.6 Å². The van der Waals surface area contributed by atoms with Crippen LogP contribution in [0.3, 0.4) is 0 Å². The first kappa shape index (κ1) is 14.0. The highest BCUT2D eigenvalue weighted by molar-refractivity contribution is 5.23. The summed E-state index contributed by atoms with van der Waals surface area (Å²) in [5.74, 6) is 0.0831. The Morgan fingerprint density at radius 3 is 2.65 bits per heavy atom. The van der Waals surface area contributed by atoms with Crippen molar-refractivity contribution in [1.29, 1.82) is 0 Å². The van der Waals surface area contributed by atoms with Crippen molar-refractivity contribution in [2.24, 2.45) is 0 Å². The molecule has 0 aliphatic rings. The standard InChI is InChI=1S/C14H22FNO/c1-2-16-11-7-3-4-8-12-17-14-10-6-5-9-13(14)15/h5-6,9-10,16H,2-4,7-8,11-12H2,1H3. The van der Waals surface area contributed by atoms with Crippen LogP contribution in [0.1, 0.15) is 32.6 Å². The van der Waals surface area contributed by atoms with Crippen LogP contribution in [-0.2, 0) is 0 Å². The fraction of sp³-hybridized carbons (Fsp3) is 0.571. The zero-order valence-electron chi connectivity index (χ0n) is 10.5. The largest absolute Gasteiger partial charge is 0.491 e. The number of unbranched alkanes of at least 4 members (excludes halogenated alkanes) is 3. The zero-order chi connectivity index (χ0) is 12.3. The molecule has 0 heterocycles. The molecule has 0 atom stereocenters. The van der Waals surface area contributed by atoms with E-state index in [-0.39, 0.29) is 5.82 Å². The lowest BCUT2D eigenvalue weighted by atomic mass is 10.2. The Morgan fingerprint density at radius 2 is 1.88 bits per heavy atom. The second-order valence-electron chi connectivity index (χ2n) is 4.05. The summed E-state index contributed by atoms with van der Waals surface area (Å²) in [7, 11) is 0. The number of para-hydroxylation sites is 1. The van der Waals surface area contributed by atoms with Gasteiger partial charge in [0.25, 0.3) is 0 Å².